The van der Waals surface area contributed by atoms with Gasteiger partial charge in [0.1, 0.15) is 6.04 Å². The summed E-state index contributed by atoms with van der Waals surface area (Å²) in [5.74, 6) is -1.46. The van der Waals surface area contributed by atoms with Crippen molar-refractivity contribution >= 4 is 11.9 Å². The van der Waals surface area contributed by atoms with Crippen molar-refractivity contribution in [2.75, 3.05) is 0 Å². The van der Waals surface area contributed by atoms with Gasteiger partial charge in [0, 0.05) is 24.4 Å². The maximum atomic E-state index is 11.9. The van der Waals surface area contributed by atoms with Crippen molar-refractivity contribution in [2.45, 2.75) is 46.1 Å². The number of carbonyl (C=O) groups is 2. The van der Waals surface area contributed by atoms with Crippen LogP contribution in [-0.2, 0) is 16.0 Å². The van der Waals surface area contributed by atoms with Gasteiger partial charge in [0.25, 0.3) is 0 Å². The lowest BCUT2D eigenvalue weighted by molar-refractivity contribution is -0.141. The SMILES string of the molecule is CC(C)=CCCC(C)=CC(=O)N[C@@H](Cc1cnc[nH]1)C(=O)O. The number of rotatable bonds is 8. The quantitative estimate of drug-likeness (QED) is 0.507. The Morgan fingerprint density at radius 3 is 2.68 bits per heavy atom. The number of hydrogen-bond donors (Lipinski definition) is 3. The smallest absolute Gasteiger partial charge is 0.326 e. The third-order valence-electron chi connectivity index (χ3n) is 3.06. The van der Waals surface area contributed by atoms with Gasteiger partial charge in [0.05, 0.1) is 6.33 Å². The van der Waals surface area contributed by atoms with E-state index in [9.17, 15) is 14.7 Å². The predicted molar refractivity (Wildman–Crippen MR) is 84.3 cm³/mol. The Hall–Kier alpha value is -2.37. The normalized spacial score (nSPS) is 12.6. The Morgan fingerprint density at radius 1 is 1.41 bits per heavy atom. The van der Waals surface area contributed by atoms with Crippen LogP contribution < -0.4 is 5.32 Å². The Kier molecular flexibility index (Phi) is 7.08. The maximum Gasteiger partial charge on any atom is 0.326 e. The predicted octanol–water partition coefficient (Wildman–Crippen LogP) is 2.21. The van der Waals surface area contributed by atoms with Crippen LogP contribution in [0.3, 0.4) is 0 Å². The molecular weight excluding hydrogens is 282 g/mol. The molecule has 0 aliphatic rings. The van der Waals surface area contributed by atoms with Crippen LogP contribution in [-0.4, -0.2) is 33.0 Å². The zero-order valence-electron chi connectivity index (χ0n) is 13.2. The number of imidazole rings is 1. The first-order valence-corrected chi connectivity index (χ1v) is 7.19. The van der Waals surface area contributed by atoms with Gasteiger partial charge in [-0.2, -0.15) is 0 Å². The van der Waals surface area contributed by atoms with Gasteiger partial charge in [0.2, 0.25) is 5.91 Å². The van der Waals surface area contributed by atoms with Crippen LogP contribution in [0.4, 0.5) is 0 Å². The largest absolute Gasteiger partial charge is 0.480 e. The molecule has 0 fully saturated rings. The summed E-state index contributed by atoms with van der Waals surface area (Å²) in [4.78, 5) is 29.8. The van der Waals surface area contributed by atoms with E-state index in [4.69, 9.17) is 0 Å². The molecule has 1 atom stereocenters. The van der Waals surface area contributed by atoms with Crippen molar-refractivity contribution in [1.82, 2.24) is 15.3 Å². The van der Waals surface area contributed by atoms with Crippen molar-refractivity contribution in [3.05, 3.63) is 41.5 Å². The molecule has 0 aliphatic heterocycles. The molecule has 0 spiro atoms. The molecule has 0 saturated heterocycles. The molecule has 0 saturated carbocycles. The molecule has 1 amide bonds. The van der Waals surface area contributed by atoms with E-state index in [2.05, 4.69) is 21.4 Å². The van der Waals surface area contributed by atoms with Gasteiger partial charge in [-0.15, -0.1) is 0 Å². The summed E-state index contributed by atoms with van der Waals surface area (Å²) in [6, 6.07) is -0.977. The third kappa shape index (κ3) is 6.88. The molecule has 6 heteroatoms. The van der Waals surface area contributed by atoms with Crippen molar-refractivity contribution in [2.24, 2.45) is 0 Å². The van der Waals surface area contributed by atoms with Gasteiger partial charge in [-0.05, 0) is 33.6 Å². The van der Waals surface area contributed by atoms with Crippen molar-refractivity contribution in [1.29, 1.82) is 0 Å². The summed E-state index contributed by atoms with van der Waals surface area (Å²) < 4.78 is 0. The molecule has 1 aromatic heterocycles. The average molecular weight is 305 g/mol. The lowest BCUT2D eigenvalue weighted by atomic mass is 10.1. The number of aromatic amines is 1. The number of H-pyrrole nitrogens is 1. The minimum atomic E-state index is -1.07. The monoisotopic (exact) mass is 305 g/mol. The molecule has 6 nitrogen and oxygen atoms in total. The fraction of sp³-hybridized carbons (Fsp3) is 0.438. The number of carboxylic acid groups (broad SMARTS) is 1. The summed E-state index contributed by atoms with van der Waals surface area (Å²) in [6.45, 7) is 5.92. The van der Waals surface area contributed by atoms with Crippen LogP contribution in [0.25, 0.3) is 0 Å². The van der Waals surface area contributed by atoms with Crippen LogP contribution in [0, 0.1) is 0 Å². The highest BCUT2D eigenvalue weighted by molar-refractivity contribution is 5.91. The van der Waals surface area contributed by atoms with Crippen molar-refractivity contribution in [3.63, 3.8) is 0 Å². The molecule has 22 heavy (non-hydrogen) atoms. The number of amides is 1. The molecule has 1 aromatic rings. The first-order chi connectivity index (χ1) is 10.4. The average Bonchev–Trinajstić information content (AvgIpc) is 2.90. The number of allylic oxidation sites excluding steroid dienone is 3. The highest BCUT2D eigenvalue weighted by Gasteiger charge is 2.20. The molecule has 0 bridgehead atoms. The van der Waals surface area contributed by atoms with E-state index in [0.717, 1.165) is 18.4 Å². The fourth-order valence-corrected chi connectivity index (χ4v) is 1.91. The van der Waals surface area contributed by atoms with E-state index in [1.54, 1.807) is 6.20 Å². The topological polar surface area (TPSA) is 95.1 Å². The number of aliphatic carboxylic acids is 1. The van der Waals surface area contributed by atoms with E-state index in [-0.39, 0.29) is 12.3 Å². The van der Waals surface area contributed by atoms with Crippen LogP contribution in [0.1, 0.15) is 39.3 Å². The summed E-state index contributed by atoms with van der Waals surface area (Å²) in [6.07, 6.45) is 8.40. The fourth-order valence-electron chi connectivity index (χ4n) is 1.91. The standard InChI is InChI=1S/C16H23N3O3/c1-11(2)5-4-6-12(3)7-15(20)19-14(16(21)22)8-13-9-17-10-18-13/h5,7,9-10,14H,4,6,8H2,1-3H3,(H,17,18)(H,19,20)(H,21,22)/t14-/m0/s1. The molecular formula is C16H23N3O3. The highest BCUT2D eigenvalue weighted by Crippen LogP contribution is 2.07. The Morgan fingerprint density at radius 2 is 2.14 bits per heavy atom. The lowest BCUT2D eigenvalue weighted by Gasteiger charge is -2.12. The molecule has 0 unspecified atom stereocenters. The van der Waals surface area contributed by atoms with E-state index in [1.165, 1.54) is 18.0 Å². The summed E-state index contributed by atoms with van der Waals surface area (Å²) >= 11 is 0. The molecule has 0 aliphatic carbocycles. The molecule has 120 valence electrons. The minimum Gasteiger partial charge on any atom is -0.480 e. The number of hydrogen-bond acceptors (Lipinski definition) is 3. The number of nitrogens with zero attached hydrogens (tertiary/aromatic N) is 1. The third-order valence-corrected chi connectivity index (χ3v) is 3.06. The second-order valence-electron chi connectivity index (χ2n) is 5.49. The Balaban J connectivity index is 2.55. The highest BCUT2D eigenvalue weighted by atomic mass is 16.4. The van der Waals surface area contributed by atoms with E-state index in [0.29, 0.717) is 5.69 Å². The summed E-state index contributed by atoms with van der Waals surface area (Å²) in [5, 5.41) is 11.7. The minimum absolute atomic E-state index is 0.172. The Bertz CT molecular complexity index is 555. The number of carbonyl (C=O) groups excluding carboxylic acids is 1. The summed E-state index contributed by atoms with van der Waals surface area (Å²) in [5.41, 5.74) is 2.82. The second kappa shape index (κ2) is 8.81. The van der Waals surface area contributed by atoms with Gasteiger partial charge in [-0.1, -0.05) is 17.2 Å². The van der Waals surface area contributed by atoms with Crippen molar-refractivity contribution in [3.8, 4) is 0 Å². The number of carboxylic acids is 1. The second-order valence-corrected chi connectivity index (χ2v) is 5.49. The van der Waals surface area contributed by atoms with Crippen LogP contribution in [0.2, 0.25) is 0 Å². The van der Waals surface area contributed by atoms with E-state index >= 15 is 0 Å². The molecule has 3 N–H and O–H groups in total. The zero-order chi connectivity index (χ0) is 16.5. The molecule has 1 rings (SSSR count). The first-order valence-electron chi connectivity index (χ1n) is 7.19. The molecule has 0 aromatic carbocycles. The Labute approximate surface area is 130 Å². The molecule has 1 heterocycles. The maximum absolute atomic E-state index is 11.9. The van der Waals surface area contributed by atoms with Crippen LogP contribution >= 0.6 is 0 Å². The first kappa shape index (κ1) is 17.7. The van der Waals surface area contributed by atoms with E-state index in [1.807, 2.05) is 20.8 Å². The summed E-state index contributed by atoms with van der Waals surface area (Å²) in [7, 11) is 0. The number of aromatic nitrogens is 2. The zero-order valence-corrected chi connectivity index (χ0v) is 13.2. The van der Waals surface area contributed by atoms with Gasteiger partial charge < -0.3 is 15.4 Å². The van der Waals surface area contributed by atoms with Gasteiger partial charge in [-0.25, -0.2) is 9.78 Å². The van der Waals surface area contributed by atoms with E-state index < -0.39 is 12.0 Å². The van der Waals surface area contributed by atoms with Gasteiger partial charge in [-0.3, -0.25) is 4.79 Å². The van der Waals surface area contributed by atoms with Crippen LogP contribution in [0.5, 0.6) is 0 Å². The molecule has 0 radical (unpaired) electrons. The van der Waals surface area contributed by atoms with Gasteiger partial charge in [0.15, 0.2) is 0 Å². The van der Waals surface area contributed by atoms with Crippen molar-refractivity contribution < 1.29 is 14.7 Å². The van der Waals surface area contributed by atoms with Crippen LogP contribution in [0.15, 0.2) is 35.8 Å². The lowest BCUT2D eigenvalue weighted by Crippen LogP contribution is -2.41. The number of nitrogens with one attached hydrogen (secondary N) is 2. The van der Waals surface area contributed by atoms with Gasteiger partial charge >= 0.3 is 5.97 Å².